The van der Waals surface area contributed by atoms with Crippen LogP contribution in [0.4, 0.5) is 17.2 Å². The molecule has 0 spiro atoms. The van der Waals surface area contributed by atoms with E-state index in [9.17, 15) is 4.79 Å². The lowest BCUT2D eigenvalue weighted by Gasteiger charge is -2.35. The number of aliphatic hydroxyl groups is 1. The summed E-state index contributed by atoms with van der Waals surface area (Å²) in [6.45, 7) is 2.17. The predicted molar refractivity (Wildman–Crippen MR) is 135 cm³/mol. The highest BCUT2D eigenvalue weighted by Gasteiger charge is 2.21. The Kier molecular flexibility index (Phi) is 5.38. The molecule has 0 saturated carbocycles. The molecule has 6 rings (SSSR count). The van der Waals surface area contributed by atoms with E-state index in [0.717, 1.165) is 46.1 Å². The maximum atomic E-state index is 11.7. The van der Waals surface area contributed by atoms with Gasteiger partial charge in [0.2, 0.25) is 5.91 Å². The molecule has 176 valence electrons. The quantitative estimate of drug-likeness (QED) is 0.466. The molecule has 5 heterocycles. The van der Waals surface area contributed by atoms with Crippen molar-refractivity contribution in [2.24, 2.45) is 0 Å². The van der Waals surface area contributed by atoms with Crippen LogP contribution >= 0.6 is 0 Å². The lowest BCUT2D eigenvalue weighted by atomic mass is 10.1. The van der Waals surface area contributed by atoms with Gasteiger partial charge in [0.15, 0.2) is 5.65 Å². The third-order valence-corrected chi connectivity index (χ3v) is 6.58. The van der Waals surface area contributed by atoms with Crippen molar-refractivity contribution in [2.45, 2.75) is 6.42 Å². The van der Waals surface area contributed by atoms with Gasteiger partial charge in [-0.25, -0.2) is 9.97 Å². The zero-order chi connectivity index (χ0) is 23.8. The Morgan fingerprint density at radius 2 is 1.91 bits per heavy atom. The summed E-state index contributed by atoms with van der Waals surface area (Å²) in [5.41, 5.74) is 7.08. The molecule has 9 heteroatoms. The third-order valence-electron chi connectivity index (χ3n) is 6.58. The van der Waals surface area contributed by atoms with E-state index < -0.39 is 6.61 Å². The first-order chi connectivity index (χ1) is 17.2. The van der Waals surface area contributed by atoms with Gasteiger partial charge in [-0.2, -0.15) is 0 Å². The monoisotopic (exact) mass is 467 g/mol. The lowest BCUT2D eigenvalue weighted by Crippen LogP contribution is -2.49. The lowest BCUT2D eigenvalue weighted by molar-refractivity contribution is -0.134. The number of carbonyl (C=O) groups excluding carboxylic acids is 1. The average molecular weight is 468 g/mol. The van der Waals surface area contributed by atoms with Gasteiger partial charge in [-0.15, -0.1) is 0 Å². The molecule has 35 heavy (non-hydrogen) atoms. The number of imidazole rings is 1. The van der Waals surface area contributed by atoms with Gasteiger partial charge in [-0.1, -0.05) is 6.08 Å². The number of piperazine rings is 1. The Hall–Kier alpha value is -4.24. The second-order valence-corrected chi connectivity index (χ2v) is 8.73. The maximum Gasteiger partial charge on any atom is 0.248 e. The molecule has 0 aromatic carbocycles. The van der Waals surface area contributed by atoms with Crippen LogP contribution < -0.4 is 10.2 Å². The molecule has 4 aromatic heterocycles. The first kappa shape index (κ1) is 21.3. The molecule has 0 unspecified atom stereocenters. The minimum atomic E-state index is -0.437. The number of pyridine rings is 3. The molecule has 1 fully saturated rings. The predicted octanol–water partition coefficient (Wildman–Crippen LogP) is 2.75. The number of carbonyl (C=O) groups is 1. The zero-order valence-corrected chi connectivity index (χ0v) is 19.1. The van der Waals surface area contributed by atoms with Gasteiger partial charge < -0.3 is 24.6 Å². The molecule has 2 N–H and O–H groups in total. The summed E-state index contributed by atoms with van der Waals surface area (Å²) in [7, 11) is 0. The van der Waals surface area contributed by atoms with Crippen LogP contribution in [-0.4, -0.2) is 68.1 Å². The van der Waals surface area contributed by atoms with E-state index in [4.69, 9.17) is 5.11 Å². The van der Waals surface area contributed by atoms with E-state index in [2.05, 4.69) is 55.7 Å². The van der Waals surface area contributed by atoms with Gasteiger partial charge >= 0.3 is 0 Å². The number of anilines is 3. The Balaban J connectivity index is 1.22. The third kappa shape index (κ3) is 4.10. The maximum absolute atomic E-state index is 11.7. The number of hydrogen-bond donors (Lipinski definition) is 2. The average Bonchev–Trinajstić information content (AvgIpc) is 3.58. The van der Waals surface area contributed by atoms with Crippen molar-refractivity contribution in [3.8, 4) is 11.1 Å². The van der Waals surface area contributed by atoms with Crippen LogP contribution in [0.5, 0.6) is 0 Å². The molecule has 1 aliphatic carbocycles. The number of nitrogens with one attached hydrogen (secondary N) is 1. The van der Waals surface area contributed by atoms with Crippen LogP contribution in [-0.2, 0) is 11.2 Å². The SMILES string of the molecule is O=C(CO)N1CCN(c2ccc(Nc3cc(-c4cnc5c(c4)CC=C5)cn4ccnc34)nc2)CC1. The van der Waals surface area contributed by atoms with E-state index in [1.54, 1.807) is 11.1 Å². The number of aromatic nitrogens is 4. The van der Waals surface area contributed by atoms with Crippen molar-refractivity contribution in [3.63, 3.8) is 0 Å². The Morgan fingerprint density at radius 3 is 2.71 bits per heavy atom. The van der Waals surface area contributed by atoms with Gasteiger partial charge in [-0.3, -0.25) is 9.78 Å². The van der Waals surface area contributed by atoms with E-state index in [0.29, 0.717) is 26.2 Å². The van der Waals surface area contributed by atoms with Crippen molar-refractivity contribution in [2.75, 3.05) is 43.0 Å². The van der Waals surface area contributed by atoms with Crippen LogP contribution in [0.2, 0.25) is 0 Å². The van der Waals surface area contributed by atoms with Crippen LogP contribution in [0, 0.1) is 0 Å². The van der Waals surface area contributed by atoms with Crippen LogP contribution in [0.25, 0.3) is 22.9 Å². The van der Waals surface area contributed by atoms with Crippen molar-refractivity contribution in [3.05, 3.63) is 72.6 Å². The summed E-state index contributed by atoms with van der Waals surface area (Å²) in [5.74, 6) is 0.503. The minimum absolute atomic E-state index is 0.220. The first-order valence-electron chi connectivity index (χ1n) is 11.7. The van der Waals surface area contributed by atoms with E-state index in [1.807, 2.05) is 35.1 Å². The van der Waals surface area contributed by atoms with Crippen LogP contribution in [0.3, 0.4) is 0 Å². The van der Waals surface area contributed by atoms with Gasteiger partial charge in [0, 0.05) is 62.1 Å². The number of nitrogens with zero attached hydrogens (tertiary/aromatic N) is 6. The standard InChI is InChI=1S/C26H25N7O2/c34-17-25(35)32-10-8-31(9-11-32)21-4-5-24(29-15-21)30-23-13-20(16-33-7-6-27-26(23)33)19-12-18-2-1-3-22(18)28-14-19/h1,3-7,12-16,34H,2,8-11,17H2,(H,29,30). The summed E-state index contributed by atoms with van der Waals surface area (Å²) in [6, 6.07) is 8.27. The topological polar surface area (TPSA) is 98.9 Å². The number of allylic oxidation sites excluding steroid dienone is 1. The number of fused-ring (bicyclic) bond motifs is 2. The smallest absolute Gasteiger partial charge is 0.248 e. The normalized spacial score (nSPS) is 15.0. The van der Waals surface area contributed by atoms with Crippen molar-refractivity contribution in [1.82, 2.24) is 24.3 Å². The van der Waals surface area contributed by atoms with Gasteiger partial charge in [0.25, 0.3) is 0 Å². The Morgan fingerprint density at radius 1 is 1.03 bits per heavy atom. The molecule has 0 radical (unpaired) electrons. The molecule has 0 bridgehead atoms. The fourth-order valence-electron chi connectivity index (χ4n) is 4.67. The molecular formula is C26H25N7O2. The van der Waals surface area contributed by atoms with E-state index in [-0.39, 0.29) is 5.91 Å². The summed E-state index contributed by atoms with van der Waals surface area (Å²) in [4.78, 5) is 29.3. The molecule has 1 saturated heterocycles. The van der Waals surface area contributed by atoms with Crippen molar-refractivity contribution < 1.29 is 9.90 Å². The molecule has 2 aliphatic rings. The first-order valence-corrected chi connectivity index (χ1v) is 11.7. The van der Waals surface area contributed by atoms with Crippen LogP contribution in [0.15, 0.2) is 61.3 Å². The van der Waals surface area contributed by atoms with Crippen molar-refractivity contribution >= 4 is 34.8 Å². The second-order valence-electron chi connectivity index (χ2n) is 8.73. The number of aliphatic hydroxyl groups excluding tert-OH is 1. The molecule has 1 amide bonds. The molecule has 4 aromatic rings. The highest BCUT2D eigenvalue weighted by molar-refractivity contribution is 5.80. The number of amides is 1. The zero-order valence-electron chi connectivity index (χ0n) is 19.1. The summed E-state index contributed by atoms with van der Waals surface area (Å²) < 4.78 is 2.00. The largest absolute Gasteiger partial charge is 0.387 e. The highest BCUT2D eigenvalue weighted by Crippen LogP contribution is 2.30. The molecule has 1 aliphatic heterocycles. The fourth-order valence-corrected chi connectivity index (χ4v) is 4.67. The summed E-state index contributed by atoms with van der Waals surface area (Å²) in [5, 5.41) is 12.5. The number of rotatable bonds is 5. The van der Waals surface area contributed by atoms with Gasteiger partial charge in [0.05, 0.1) is 23.3 Å². The van der Waals surface area contributed by atoms with Crippen molar-refractivity contribution in [1.29, 1.82) is 0 Å². The Labute approximate surface area is 202 Å². The van der Waals surface area contributed by atoms with Crippen LogP contribution in [0.1, 0.15) is 11.3 Å². The Bertz CT molecular complexity index is 1420. The molecular weight excluding hydrogens is 442 g/mol. The fraction of sp³-hybridized carbons (Fsp3) is 0.231. The number of hydrogen-bond acceptors (Lipinski definition) is 7. The molecule has 9 nitrogen and oxygen atoms in total. The summed E-state index contributed by atoms with van der Waals surface area (Å²) in [6.07, 6.45) is 14.7. The second kappa shape index (κ2) is 8.84. The molecule has 0 atom stereocenters. The van der Waals surface area contributed by atoms with Gasteiger partial charge in [-0.05, 0) is 42.3 Å². The van der Waals surface area contributed by atoms with E-state index >= 15 is 0 Å². The highest BCUT2D eigenvalue weighted by atomic mass is 16.3. The minimum Gasteiger partial charge on any atom is -0.387 e. The summed E-state index contributed by atoms with van der Waals surface area (Å²) >= 11 is 0. The van der Waals surface area contributed by atoms with Gasteiger partial charge in [0.1, 0.15) is 12.4 Å². The van der Waals surface area contributed by atoms with E-state index in [1.165, 1.54) is 5.56 Å².